The van der Waals surface area contributed by atoms with E-state index >= 15 is 0 Å². The number of likely N-dealkylation sites (tertiary alicyclic amines) is 1. The summed E-state index contributed by atoms with van der Waals surface area (Å²) in [6.07, 6.45) is 1.43. The molecule has 92 valence electrons. The van der Waals surface area contributed by atoms with Gasteiger partial charge in [0.05, 0.1) is 5.69 Å². The Morgan fingerprint density at radius 1 is 1.53 bits per heavy atom. The topological polar surface area (TPSA) is 102 Å². The molecule has 0 aromatic carbocycles. The van der Waals surface area contributed by atoms with Crippen molar-refractivity contribution < 1.29 is 9.59 Å². The molecule has 2 rings (SSSR count). The van der Waals surface area contributed by atoms with Crippen LogP contribution < -0.4 is 11.5 Å². The first-order valence-electron chi connectivity index (χ1n) is 5.34. The van der Waals surface area contributed by atoms with E-state index < -0.39 is 11.9 Å². The minimum atomic E-state index is -0.495. The number of hydrogen-bond donors (Lipinski definition) is 2. The number of thiazole rings is 1. The number of rotatable bonds is 2. The van der Waals surface area contributed by atoms with Crippen molar-refractivity contribution in [2.24, 2.45) is 5.73 Å². The Bertz CT molecular complexity index is 471. The van der Waals surface area contributed by atoms with E-state index in [-0.39, 0.29) is 5.91 Å². The number of nitrogens with two attached hydrogens (primary N) is 2. The molecule has 1 aliphatic rings. The van der Waals surface area contributed by atoms with Gasteiger partial charge in [0.1, 0.15) is 10.9 Å². The highest BCUT2D eigenvalue weighted by molar-refractivity contribution is 7.17. The lowest BCUT2D eigenvalue weighted by Crippen LogP contribution is -2.43. The normalized spacial score (nSPS) is 19.6. The SMILES string of the molecule is Cc1nc(N)sc1C(=O)N1CCCC1C(N)=O. The van der Waals surface area contributed by atoms with Gasteiger partial charge in [0.15, 0.2) is 5.13 Å². The van der Waals surface area contributed by atoms with Crippen LogP contribution in [0.2, 0.25) is 0 Å². The van der Waals surface area contributed by atoms with E-state index in [1.165, 1.54) is 4.90 Å². The third kappa shape index (κ3) is 2.10. The second kappa shape index (κ2) is 4.33. The largest absolute Gasteiger partial charge is 0.375 e. The van der Waals surface area contributed by atoms with Crippen LogP contribution >= 0.6 is 11.3 Å². The molecule has 6 nitrogen and oxygen atoms in total. The van der Waals surface area contributed by atoms with Crippen LogP contribution in [0.3, 0.4) is 0 Å². The Hall–Kier alpha value is -1.63. The van der Waals surface area contributed by atoms with Crippen LogP contribution in [-0.2, 0) is 4.79 Å². The van der Waals surface area contributed by atoms with Crippen molar-refractivity contribution in [1.29, 1.82) is 0 Å². The molecule has 1 atom stereocenters. The third-order valence-electron chi connectivity index (χ3n) is 2.85. The van der Waals surface area contributed by atoms with Crippen molar-refractivity contribution in [1.82, 2.24) is 9.88 Å². The monoisotopic (exact) mass is 254 g/mol. The molecule has 0 radical (unpaired) electrons. The van der Waals surface area contributed by atoms with Gasteiger partial charge >= 0.3 is 0 Å². The quantitative estimate of drug-likeness (QED) is 0.782. The zero-order valence-corrected chi connectivity index (χ0v) is 10.3. The molecule has 0 aliphatic carbocycles. The van der Waals surface area contributed by atoms with Crippen LogP contribution in [0, 0.1) is 6.92 Å². The summed E-state index contributed by atoms with van der Waals surface area (Å²) in [6.45, 7) is 2.29. The van der Waals surface area contributed by atoms with Crippen LogP contribution in [0.4, 0.5) is 5.13 Å². The fourth-order valence-corrected chi connectivity index (χ4v) is 2.84. The summed E-state index contributed by atoms with van der Waals surface area (Å²) in [6, 6.07) is -0.495. The summed E-state index contributed by atoms with van der Waals surface area (Å²) in [4.78, 5) is 29.5. The van der Waals surface area contributed by atoms with Crippen molar-refractivity contribution in [2.45, 2.75) is 25.8 Å². The predicted molar refractivity (Wildman–Crippen MR) is 64.5 cm³/mol. The molecule has 7 heteroatoms. The van der Waals surface area contributed by atoms with E-state index in [4.69, 9.17) is 11.5 Å². The van der Waals surface area contributed by atoms with Crippen molar-refractivity contribution in [3.8, 4) is 0 Å². The Morgan fingerprint density at radius 2 is 2.24 bits per heavy atom. The number of aryl methyl sites for hydroxylation is 1. The number of nitrogen functional groups attached to an aromatic ring is 1. The van der Waals surface area contributed by atoms with Gasteiger partial charge in [-0.05, 0) is 19.8 Å². The molecule has 0 bridgehead atoms. The molecule has 1 aromatic heterocycles. The van der Waals surface area contributed by atoms with Crippen LogP contribution in [0.5, 0.6) is 0 Å². The van der Waals surface area contributed by atoms with E-state index in [9.17, 15) is 9.59 Å². The van der Waals surface area contributed by atoms with Crippen LogP contribution in [0.1, 0.15) is 28.2 Å². The number of hydrogen-bond acceptors (Lipinski definition) is 5. The molecule has 1 unspecified atom stereocenters. The van der Waals surface area contributed by atoms with Gasteiger partial charge in [-0.15, -0.1) is 0 Å². The maximum Gasteiger partial charge on any atom is 0.266 e. The highest BCUT2D eigenvalue weighted by Gasteiger charge is 2.34. The number of anilines is 1. The Labute approximate surface area is 103 Å². The molecule has 17 heavy (non-hydrogen) atoms. The minimum Gasteiger partial charge on any atom is -0.375 e. The number of aromatic nitrogens is 1. The second-order valence-corrected chi connectivity index (χ2v) is 5.06. The van der Waals surface area contributed by atoms with Crippen molar-refractivity contribution in [3.05, 3.63) is 10.6 Å². The molecule has 2 heterocycles. The lowest BCUT2D eigenvalue weighted by atomic mass is 10.2. The first-order chi connectivity index (χ1) is 8.00. The van der Waals surface area contributed by atoms with Crippen molar-refractivity contribution >= 4 is 28.3 Å². The zero-order chi connectivity index (χ0) is 12.6. The molecule has 4 N–H and O–H groups in total. The van der Waals surface area contributed by atoms with Crippen LogP contribution in [0.15, 0.2) is 0 Å². The Kier molecular flexibility index (Phi) is 3.01. The summed E-state index contributed by atoms with van der Waals surface area (Å²) < 4.78 is 0. The lowest BCUT2D eigenvalue weighted by molar-refractivity contribution is -0.121. The van der Waals surface area contributed by atoms with Crippen molar-refractivity contribution in [3.63, 3.8) is 0 Å². The average Bonchev–Trinajstić information content (AvgIpc) is 2.83. The highest BCUT2D eigenvalue weighted by Crippen LogP contribution is 2.25. The standard InChI is InChI=1S/C10H14N4O2S/c1-5-7(17-10(12)13-5)9(16)14-4-2-3-6(14)8(11)15/h6H,2-4H2,1H3,(H2,11,15)(H2,12,13). The van der Waals surface area contributed by atoms with Gasteiger partial charge in [0.25, 0.3) is 5.91 Å². The first-order valence-corrected chi connectivity index (χ1v) is 6.15. The number of primary amides is 1. The van der Waals surface area contributed by atoms with Crippen molar-refractivity contribution in [2.75, 3.05) is 12.3 Å². The Morgan fingerprint density at radius 3 is 2.76 bits per heavy atom. The molecule has 1 saturated heterocycles. The molecule has 0 saturated carbocycles. The van der Waals surface area contributed by atoms with E-state index in [1.54, 1.807) is 6.92 Å². The maximum absolute atomic E-state index is 12.2. The minimum absolute atomic E-state index is 0.196. The fourth-order valence-electron chi connectivity index (χ4n) is 2.05. The molecule has 1 aromatic rings. The molecule has 1 fully saturated rings. The summed E-state index contributed by atoms with van der Waals surface area (Å²) in [5.41, 5.74) is 11.4. The molecular weight excluding hydrogens is 240 g/mol. The first kappa shape index (κ1) is 11.8. The zero-order valence-electron chi connectivity index (χ0n) is 9.47. The van der Waals surface area contributed by atoms with E-state index in [0.29, 0.717) is 28.7 Å². The van der Waals surface area contributed by atoms with Gasteiger partial charge in [-0.2, -0.15) is 0 Å². The lowest BCUT2D eigenvalue weighted by Gasteiger charge is -2.21. The molecule has 1 aliphatic heterocycles. The third-order valence-corrected chi connectivity index (χ3v) is 3.82. The predicted octanol–water partition coefficient (Wildman–Crippen LogP) is 0.124. The molecule has 0 spiro atoms. The number of amides is 2. The fraction of sp³-hybridized carbons (Fsp3) is 0.500. The number of carbonyl (C=O) groups is 2. The van der Waals surface area contributed by atoms with E-state index in [0.717, 1.165) is 17.8 Å². The van der Waals surface area contributed by atoms with Gasteiger partial charge in [-0.3, -0.25) is 9.59 Å². The second-order valence-electron chi connectivity index (χ2n) is 4.03. The summed E-state index contributed by atoms with van der Waals surface area (Å²) >= 11 is 1.15. The van der Waals surface area contributed by atoms with Gasteiger partial charge in [-0.1, -0.05) is 11.3 Å². The highest BCUT2D eigenvalue weighted by atomic mass is 32.1. The number of nitrogens with zero attached hydrogens (tertiary/aromatic N) is 2. The summed E-state index contributed by atoms with van der Waals surface area (Å²) in [5, 5.41) is 0.362. The smallest absolute Gasteiger partial charge is 0.266 e. The average molecular weight is 254 g/mol. The van der Waals surface area contributed by atoms with Crippen LogP contribution in [-0.4, -0.2) is 34.3 Å². The van der Waals surface area contributed by atoms with Crippen LogP contribution in [0.25, 0.3) is 0 Å². The van der Waals surface area contributed by atoms with Gasteiger partial charge in [-0.25, -0.2) is 4.98 Å². The van der Waals surface area contributed by atoms with E-state index in [2.05, 4.69) is 4.98 Å². The van der Waals surface area contributed by atoms with Gasteiger partial charge in [0, 0.05) is 6.54 Å². The maximum atomic E-state index is 12.2. The Balaban J connectivity index is 2.25. The van der Waals surface area contributed by atoms with Gasteiger partial charge < -0.3 is 16.4 Å². The summed E-state index contributed by atoms with van der Waals surface area (Å²) in [7, 11) is 0. The summed E-state index contributed by atoms with van der Waals surface area (Å²) in [5.74, 6) is -0.649. The van der Waals surface area contributed by atoms with Gasteiger partial charge in [0.2, 0.25) is 5.91 Å². The number of carbonyl (C=O) groups excluding carboxylic acids is 2. The molecule has 2 amide bonds. The van der Waals surface area contributed by atoms with E-state index in [1.807, 2.05) is 0 Å². The molecular formula is C10H14N4O2S.